The predicted molar refractivity (Wildman–Crippen MR) is 97.4 cm³/mol. The lowest BCUT2D eigenvalue weighted by Gasteiger charge is -2.09. The first-order valence-corrected chi connectivity index (χ1v) is 7.63. The van der Waals surface area contributed by atoms with Gasteiger partial charge in [-0.3, -0.25) is 5.43 Å². The van der Waals surface area contributed by atoms with Gasteiger partial charge in [-0.05, 0) is 49.8 Å². The zero-order valence-electron chi connectivity index (χ0n) is 13.0. The van der Waals surface area contributed by atoms with Crippen LogP contribution in [0, 0.1) is 6.92 Å². The number of aromatic hydroxyl groups is 1. The number of nitrogens with one attached hydrogen (secondary N) is 2. The lowest BCUT2D eigenvalue weighted by atomic mass is 10.2. The van der Waals surface area contributed by atoms with E-state index in [0.29, 0.717) is 23.0 Å². The lowest BCUT2D eigenvalue weighted by molar-refractivity contribution is 0.318. The molecule has 0 aromatic heterocycles. The highest BCUT2D eigenvalue weighted by molar-refractivity contribution is 7.80. The van der Waals surface area contributed by atoms with E-state index >= 15 is 0 Å². The van der Waals surface area contributed by atoms with E-state index in [-0.39, 0.29) is 5.75 Å². The van der Waals surface area contributed by atoms with Crippen molar-refractivity contribution >= 4 is 29.2 Å². The molecule has 2 rings (SSSR count). The molecule has 3 N–H and O–H groups in total. The molecule has 2 aromatic rings. The quantitative estimate of drug-likeness (QED) is 0.446. The maximum Gasteiger partial charge on any atom is 0.191 e. The second kappa shape index (κ2) is 8.14. The first-order valence-electron chi connectivity index (χ1n) is 7.22. The highest BCUT2D eigenvalue weighted by Gasteiger charge is 2.05. The van der Waals surface area contributed by atoms with Gasteiger partial charge in [-0.15, -0.1) is 0 Å². The van der Waals surface area contributed by atoms with Crippen molar-refractivity contribution in [3.63, 3.8) is 0 Å². The Morgan fingerprint density at radius 3 is 2.78 bits per heavy atom. The summed E-state index contributed by atoms with van der Waals surface area (Å²) in [6, 6.07) is 13.0. The molecule has 5 nitrogen and oxygen atoms in total. The van der Waals surface area contributed by atoms with Crippen LogP contribution >= 0.6 is 12.2 Å². The fourth-order valence-electron chi connectivity index (χ4n) is 1.94. The first kappa shape index (κ1) is 16.8. The van der Waals surface area contributed by atoms with Gasteiger partial charge in [0, 0.05) is 11.3 Å². The van der Waals surface area contributed by atoms with Gasteiger partial charge in [0.15, 0.2) is 16.6 Å². The third kappa shape index (κ3) is 4.69. The van der Waals surface area contributed by atoms with Crippen molar-refractivity contribution in [3.05, 3.63) is 53.6 Å². The number of nitrogens with zero attached hydrogens (tertiary/aromatic N) is 1. The van der Waals surface area contributed by atoms with Gasteiger partial charge in [0.2, 0.25) is 0 Å². The van der Waals surface area contributed by atoms with Crippen LogP contribution < -0.4 is 15.5 Å². The van der Waals surface area contributed by atoms with E-state index in [1.807, 2.05) is 38.1 Å². The summed E-state index contributed by atoms with van der Waals surface area (Å²) in [4.78, 5) is 0. The van der Waals surface area contributed by atoms with Crippen LogP contribution in [0.3, 0.4) is 0 Å². The minimum absolute atomic E-state index is 0.0534. The number of anilines is 1. The largest absolute Gasteiger partial charge is 0.504 e. The highest BCUT2D eigenvalue weighted by atomic mass is 32.1. The van der Waals surface area contributed by atoms with Crippen molar-refractivity contribution in [1.82, 2.24) is 5.43 Å². The molecule has 0 atom stereocenters. The van der Waals surface area contributed by atoms with Crippen molar-refractivity contribution < 1.29 is 9.84 Å². The Morgan fingerprint density at radius 1 is 1.26 bits per heavy atom. The molecule has 0 radical (unpaired) electrons. The summed E-state index contributed by atoms with van der Waals surface area (Å²) >= 11 is 5.19. The number of hydrazone groups is 1. The Balaban J connectivity index is 1.98. The molecule has 120 valence electrons. The molecule has 0 saturated carbocycles. The third-order valence-corrected chi connectivity index (χ3v) is 3.29. The molecule has 0 unspecified atom stereocenters. The fraction of sp³-hybridized carbons (Fsp3) is 0.176. The summed E-state index contributed by atoms with van der Waals surface area (Å²) in [5.74, 6) is 0.481. The molecule has 2 aromatic carbocycles. The number of hydrogen-bond acceptors (Lipinski definition) is 4. The van der Waals surface area contributed by atoms with E-state index in [2.05, 4.69) is 15.8 Å². The van der Waals surface area contributed by atoms with Crippen LogP contribution in [0.15, 0.2) is 47.6 Å². The van der Waals surface area contributed by atoms with Gasteiger partial charge < -0.3 is 15.2 Å². The van der Waals surface area contributed by atoms with Crippen molar-refractivity contribution in [2.24, 2.45) is 5.10 Å². The number of benzene rings is 2. The normalized spacial score (nSPS) is 10.5. The molecule has 0 amide bonds. The predicted octanol–water partition coefficient (Wildman–Crippen LogP) is 3.42. The molecule has 0 aliphatic rings. The van der Waals surface area contributed by atoms with Crippen LogP contribution in [0.2, 0.25) is 0 Å². The van der Waals surface area contributed by atoms with E-state index in [9.17, 15) is 5.11 Å². The van der Waals surface area contributed by atoms with Gasteiger partial charge in [0.05, 0.1) is 12.8 Å². The SMILES string of the molecule is CCOc1cccc(/C=N/NC(=S)Nc2ccccc2C)c1O. The average molecular weight is 329 g/mol. The second-order valence-corrected chi connectivity index (χ2v) is 5.17. The van der Waals surface area contributed by atoms with Crippen LogP contribution in [0.5, 0.6) is 11.5 Å². The number of rotatable bonds is 5. The molecular formula is C17H19N3O2S. The first-order chi connectivity index (χ1) is 11.1. The second-order valence-electron chi connectivity index (χ2n) is 4.77. The average Bonchev–Trinajstić information content (AvgIpc) is 2.53. The van der Waals surface area contributed by atoms with Crippen LogP contribution in [-0.2, 0) is 0 Å². The number of phenolic OH excluding ortho intramolecular Hbond substituents is 1. The summed E-state index contributed by atoms with van der Waals surface area (Å²) in [5, 5.41) is 17.5. The van der Waals surface area contributed by atoms with Gasteiger partial charge in [-0.1, -0.05) is 24.3 Å². The molecule has 0 saturated heterocycles. The van der Waals surface area contributed by atoms with Gasteiger partial charge >= 0.3 is 0 Å². The zero-order valence-corrected chi connectivity index (χ0v) is 13.9. The molecule has 0 aliphatic heterocycles. The van der Waals surface area contributed by atoms with Gasteiger partial charge in [0.1, 0.15) is 0 Å². The Morgan fingerprint density at radius 2 is 2.04 bits per heavy atom. The Hall–Kier alpha value is -2.60. The van der Waals surface area contributed by atoms with E-state index in [4.69, 9.17) is 17.0 Å². The maximum absolute atomic E-state index is 10.1. The monoisotopic (exact) mass is 329 g/mol. The van der Waals surface area contributed by atoms with E-state index in [1.54, 1.807) is 18.2 Å². The standard InChI is InChI=1S/C17H19N3O2S/c1-3-22-15-10-6-8-13(16(15)21)11-18-20-17(23)19-14-9-5-4-7-12(14)2/h4-11,21H,3H2,1-2H3,(H2,19,20,23)/b18-11+. The molecule has 0 spiro atoms. The van der Waals surface area contributed by atoms with E-state index < -0.39 is 0 Å². The Labute approximate surface area is 141 Å². The number of hydrogen-bond donors (Lipinski definition) is 3. The van der Waals surface area contributed by atoms with E-state index in [1.165, 1.54) is 6.21 Å². The summed E-state index contributed by atoms with van der Waals surface area (Å²) in [7, 11) is 0. The van der Waals surface area contributed by atoms with Crippen LogP contribution in [-0.4, -0.2) is 23.0 Å². The topological polar surface area (TPSA) is 65.9 Å². The van der Waals surface area contributed by atoms with Crippen molar-refractivity contribution in [3.8, 4) is 11.5 Å². The summed E-state index contributed by atoms with van der Waals surface area (Å²) in [6.07, 6.45) is 1.49. The Bertz CT molecular complexity index is 717. The van der Waals surface area contributed by atoms with Crippen LogP contribution in [0.4, 0.5) is 5.69 Å². The van der Waals surface area contributed by atoms with Crippen molar-refractivity contribution in [2.45, 2.75) is 13.8 Å². The molecule has 0 fully saturated rings. The third-order valence-electron chi connectivity index (χ3n) is 3.09. The number of para-hydroxylation sites is 2. The van der Waals surface area contributed by atoms with E-state index in [0.717, 1.165) is 11.3 Å². The summed E-state index contributed by atoms with van der Waals surface area (Å²) < 4.78 is 5.33. The van der Waals surface area contributed by atoms with Crippen molar-refractivity contribution in [1.29, 1.82) is 0 Å². The van der Waals surface area contributed by atoms with Crippen molar-refractivity contribution in [2.75, 3.05) is 11.9 Å². The summed E-state index contributed by atoms with van der Waals surface area (Å²) in [5.41, 5.74) is 5.27. The fourth-order valence-corrected chi connectivity index (χ4v) is 2.10. The van der Waals surface area contributed by atoms with Gasteiger partial charge in [-0.25, -0.2) is 0 Å². The molecule has 0 bridgehead atoms. The molecule has 23 heavy (non-hydrogen) atoms. The van der Waals surface area contributed by atoms with Gasteiger partial charge in [0.25, 0.3) is 0 Å². The summed E-state index contributed by atoms with van der Waals surface area (Å²) in [6.45, 7) is 4.33. The molecular weight excluding hydrogens is 310 g/mol. The number of thiocarbonyl (C=S) groups is 1. The zero-order chi connectivity index (χ0) is 16.7. The maximum atomic E-state index is 10.1. The molecule has 6 heteroatoms. The number of phenols is 1. The Kier molecular flexibility index (Phi) is 5.94. The van der Waals surface area contributed by atoms with Crippen LogP contribution in [0.25, 0.3) is 0 Å². The highest BCUT2D eigenvalue weighted by Crippen LogP contribution is 2.28. The minimum Gasteiger partial charge on any atom is -0.504 e. The van der Waals surface area contributed by atoms with Gasteiger partial charge in [-0.2, -0.15) is 5.10 Å². The van der Waals surface area contributed by atoms with Crippen LogP contribution in [0.1, 0.15) is 18.1 Å². The molecule has 0 heterocycles. The number of ether oxygens (including phenoxy) is 1. The molecule has 0 aliphatic carbocycles. The minimum atomic E-state index is 0.0534. The number of aryl methyl sites for hydroxylation is 1. The lowest BCUT2D eigenvalue weighted by Crippen LogP contribution is -2.24. The smallest absolute Gasteiger partial charge is 0.191 e.